The molecule has 1 atom stereocenters. The van der Waals surface area contributed by atoms with Crippen molar-refractivity contribution in [2.24, 2.45) is 5.73 Å². The van der Waals surface area contributed by atoms with Gasteiger partial charge in [0.05, 0.1) is 0 Å². The summed E-state index contributed by atoms with van der Waals surface area (Å²) in [4.78, 5) is 1.35. The maximum Gasteiger partial charge on any atom is 0.0466 e. The summed E-state index contributed by atoms with van der Waals surface area (Å²) in [6, 6.07) is 2.41. The molecule has 0 saturated heterocycles. The second-order valence-corrected chi connectivity index (χ2v) is 5.45. The maximum absolute atomic E-state index is 6.03. The molecule has 0 saturated carbocycles. The fourth-order valence-electron chi connectivity index (χ4n) is 1.41. The van der Waals surface area contributed by atoms with Crippen molar-refractivity contribution < 1.29 is 4.74 Å². The lowest BCUT2D eigenvalue weighted by Gasteiger charge is -2.09. The van der Waals surface area contributed by atoms with Crippen LogP contribution in [0.2, 0.25) is 0 Å². The molecule has 1 rings (SSSR count). The monoisotopic (exact) mass is 291 g/mol. The van der Waals surface area contributed by atoms with Crippen LogP contribution < -0.4 is 5.73 Å². The molecule has 1 aromatic heterocycles. The Hall–Kier alpha value is 0.1000. The van der Waals surface area contributed by atoms with Crippen molar-refractivity contribution in [1.29, 1.82) is 0 Å². The summed E-state index contributed by atoms with van der Waals surface area (Å²) in [5.74, 6) is 0. The first-order chi connectivity index (χ1) is 7.22. The number of hydrogen-bond acceptors (Lipinski definition) is 3. The van der Waals surface area contributed by atoms with Crippen LogP contribution in [0.3, 0.4) is 0 Å². The van der Waals surface area contributed by atoms with Crippen LogP contribution in [0.15, 0.2) is 15.9 Å². The van der Waals surface area contributed by atoms with Crippen molar-refractivity contribution in [3.63, 3.8) is 0 Å². The minimum atomic E-state index is 0.260. The Morgan fingerprint density at radius 3 is 3.00 bits per heavy atom. The molecule has 0 aliphatic rings. The third-order valence-electron chi connectivity index (χ3n) is 2.15. The average Bonchev–Trinajstić information content (AvgIpc) is 2.59. The highest BCUT2D eigenvalue weighted by atomic mass is 79.9. The molecule has 0 aliphatic heterocycles. The van der Waals surface area contributed by atoms with E-state index in [0.717, 1.165) is 36.9 Å². The zero-order chi connectivity index (χ0) is 11.1. The van der Waals surface area contributed by atoms with Crippen LogP contribution >= 0.6 is 27.3 Å². The molecule has 2 N–H and O–H groups in total. The molecule has 0 spiro atoms. The lowest BCUT2D eigenvalue weighted by molar-refractivity contribution is 0.142. The minimum absolute atomic E-state index is 0.260. The van der Waals surface area contributed by atoms with Gasteiger partial charge in [0.1, 0.15) is 0 Å². The van der Waals surface area contributed by atoms with E-state index in [-0.39, 0.29) is 6.04 Å². The number of rotatable bonds is 7. The van der Waals surface area contributed by atoms with Gasteiger partial charge >= 0.3 is 0 Å². The van der Waals surface area contributed by atoms with E-state index in [0.29, 0.717) is 0 Å². The van der Waals surface area contributed by atoms with E-state index in [1.807, 2.05) is 6.92 Å². The number of hydrogen-bond donors (Lipinski definition) is 1. The number of thiophene rings is 1. The molecule has 4 heteroatoms. The highest BCUT2D eigenvalue weighted by Gasteiger charge is 2.05. The van der Waals surface area contributed by atoms with Crippen LogP contribution in [0, 0.1) is 0 Å². The van der Waals surface area contributed by atoms with Gasteiger partial charge in [-0.3, -0.25) is 0 Å². The first-order valence-electron chi connectivity index (χ1n) is 5.28. The van der Waals surface area contributed by atoms with E-state index in [9.17, 15) is 0 Å². The summed E-state index contributed by atoms with van der Waals surface area (Å²) in [6.07, 6.45) is 3.07. The quantitative estimate of drug-likeness (QED) is 0.783. The van der Waals surface area contributed by atoms with Gasteiger partial charge in [-0.25, -0.2) is 0 Å². The lowest BCUT2D eigenvalue weighted by Crippen LogP contribution is -2.22. The molecule has 0 fully saturated rings. The van der Waals surface area contributed by atoms with Crippen molar-refractivity contribution in [3.8, 4) is 0 Å². The van der Waals surface area contributed by atoms with Crippen LogP contribution in [-0.2, 0) is 11.2 Å². The fraction of sp³-hybridized carbons (Fsp3) is 0.636. The molecule has 1 heterocycles. The van der Waals surface area contributed by atoms with Crippen molar-refractivity contribution in [3.05, 3.63) is 20.8 Å². The summed E-state index contributed by atoms with van der Waals surface area (Å²) >= 11 is 5.21. The average molecular weight is 292 g/mol. The van der Waals surface area contributed by atoms with Gasteiger partial charge in [-0.15, -0.1) is 11.3 Å². The molecule has 0 radical (unpaired) electrons. The van der Waals surface area contributed by atoms with Crippen molar-refractivity contribution in [1.82, 2.24) is 0 Å². The normalized spacial score (nSPS) is 13.0. The largest absolute Gasteiger partial charge is 0.382 e. The van der Waals surface area contributed by atoms with Crippen LogP contribution in [0.4, 0.5) is 0 Å². The van der Waals surface area contributed by atoms with Gasteiger partial charge in [0, 0.05) is 34.0 Å². The molecule has 0 aliphatic carbocycles. The standard InChI is InChI=1S/C11H18BrNOS/c1-2-14-5-3-4-10(13)7-11-6-9(12)8-15-11/h6,8,10H,2-5,7,13H2,1H3. The van der Waals surface area contributed by atoms with Crippen molar-refractivity contribution in [2.75, 3.05) is 13.2 Å². The Morgan fingerprint density at radius 1 is 1.60 bits per heavy atom. The van der Waals surface area contributed by atoms with Crippen molar-refractivity contribution >= 4 is 27.3 Å². The van der Waals surface area contributed by atoms with Gasteiger partial charge in [0.2, 0.25) is 0 Å². The molecule has 0 aromatic carbocycles. The number of nitrogens with two attached hydrogens (primary N) is 1. The van der Waals surface area contributed by atoms with Crippen LogP contribution in [0.5, 0.6) is 0 Å². The first kappa shape index (κ1) is 13.2. The van der Waals surface area contributed by atoms with Crippen LogP contribution in [0.1, 0.15) is 24.6 Å². The zero-order valence-electron chi connectivity index (χ0n) is 9.04. The predicted octanol–water partition coefficient (Wildman–Crippen LogP) is 3.20. The van der Waals surface area contributed by atoms with E-state index in [2.05, 4.69) is 27.4 Å². The van der Waals surface area contributed by atoms with Gasteiger partial charge in [0.15, 0.2) is 0 Å². The summed E-state index contributed by atoms with van der Waals surface area (Å²) in [5.41, 5.74) is 6.03. The third kappa shape index (κ3) is 5.66. The first-order valence-corrected chi connectivity index (χ1v) is 6.96. The molecule has 86 valence electrons. The Bertz CT molecular complexity index is 277. The minimum Gasteiger partial charge on any atom is -0.382 e. The van der Waals surface area contributed by atoms with E-state index in [1.54, 1.807) is 11.3 Å². The summed E-state index contributed by atoms with van der Waals surface area (Å²) in [7, 11) is 0. The smallest absolute Gasteiger partial charge is 0.0466 e. The highest BCUT2D eigenvalue weighted by Crippen LogP contribution is 2.21. The van der Waals surface area contributed by atoms with Gasteiger partial charge in [0.25, 0.3) is 0 Å². The third-order valence-corrected chi connectivity index (χ3v) is 3.87. The van der Waals surface area contributed by atoms with Gasteiger partial charge in [-0.05, 0) is 48.2 Å². The lowest BCUT2D eigenvalue weighted by atomic mass is 10.1. The SMILES string of the molecule is CCOCCCC(N)Cc1cc(Br)cs1. The molecule has 0 amide bonds. The van der Waals surface area contributed by atoms with E-state index >= 15 is 0 Å². The fourth-order valence-corrected chi connectivity index (χ4v) is 2.96. The second kappa shape index (κ2) is 7.39. The molecule has 0 bridgehead atoms. The van der Waals surface area contributed by atoms with Crippen LogP contribution in [-0.4, -0.2) is 19.3 Å². The van der Waals surface area contributed by atoms with Gasteiger partial charge in [-0.1, -0.05) is 0 Å². The highest BCUT2D eigenvalue weighted by molar-refractivity contribution is 9.10. The van der Waals surface area contributed by atoms with Crippen molar-refractivity contribution in [2.45, 2.75) is 32.2 Å². The van der Waals surface area contributed by atoms with Gasteiger partial charge in [-0.2, -0.15) is 0 Å². The molecule has 1 unspecified atom stereocenters. The Labute approximate surface area is 104 Å². The van der Waals surface area contributed by atoms with E-state index in [1.165, 1.54) is 4.88 Å². The van der Waals surface area contributed by atoms with Crippen LogP contribution in [0.25, 0.3) is 0 Å². The number of halogens is 1. The Morgan fingerprint density at radius 2 is 2.40 bits per heavy atom. The summed E-state index contributed by atoms with van der Waals surface area (Å²) in [5, 5.41) is 2.10. The predicted molar refractivity (Wildman–Crippen MR) is 69.4 cm³/mol. The number of ether oxygens (including phenoxy) is 1. The Balaban J connectivity index is 2.15. The topological polar surface area (TPSA) is 35.2 Å². The summed E-state index contributed by atoms with van der Waals surface area (Å²) in [6.45, 7) is 3.65. The second-order valence-electron chi connectivity index (χ2n) is 3.53. The van der Waals surface area contributed by atoms with E-state index in [4.69, 9.17) is 10.5 Å². The van der Waals surface area contributed by atoms with Gasteiger partial charge < -0.3 is 10.5 Å². The summed E-state index contributed by atoms with van der Waals surface area (Å²) < 4.78 is 6.43. The van der Waals surface area contributed by atoms with E-state index < -0.39 is 0 Å². The Kier molecular flexibility index (Phi) is 6.48. The molecule has 1 aromatic rings. The molecule has 2 nitrogen and oxygen atoms in total. The molecule has 15 heavy (non-hydrogen) atoms. The molecular formula is C11H18BrNOS. The zero-order valence-corrected chi connectivity index (χ0v) is 11.4. The maximum atomic E-state index is 6.03. The molecular weight excluding hydrogens is 274 g/mol.